The van der Waals surface area contributed by atoms with Gasteiger partial charge in [0.2, 0.25) is 5.82 Å². The molecule has 1 fully saturated rings. The van der Waals surface area contributed by atoms with Gasteiger partial charge in [0, 0.05) is 23.4 Å². The van der Waals surface area contributed by atoms with E-state index in [0.29, 0.717) is 17.1 Å². The standard InChI is InChI=1S/C33H30N8O6/c42-24-16-26(35-27(17-24)33(46)41-19-47-18-28(41)21-10-5-2-6-11-21)31(44)36-25(14-20-8-3-1-4-9-20)29(43)32(45)34-23-13-7-12-22(15-23)30-37-39-40-38-30/h1-13,15-17,25,28-29,43H,14,18-19H2,(H,34,45)(H,35,42)(H,36,44)(H,37,38,39,40)/t25?,28?,29-/m0/s1. The van der Waals surface area contributed by atoms with Gasteiger partial charge in [-0.2, -0.15) is 5.21 Å². The maximum Gasteiger partial charge on any atom is 0.272 e. The van der Waals surface area contributed by atoms with E-state index in [1.165, 1.54) is 4.90 Å². The Hall–Kier alpha value is -5.99. The number of H-pyrrole nitrogens is 2. The SMILES string of the molecule is O=C(NC(Cc1ccccc1)[C@H](O)C(=O)Nc1cccc(-c2nn[nH]n2)c1)c1cc(=O)cc(C(=O)N2COCC2c2ccccc2)[nH]1. The Kier molecular flexibility index (Phi) is 9.22. The number of aliphatic hydroxyl groups excluding tert-OH is 1. The third-order valence-electron chi connectivity index (χ3n) is 7.64. The molecule has 47 heavy (non-hydrogen) atoms. The van der Waals surface area contributed by atoms with E-state index in [1.807, 2.05) is 36.4 Å². The van der Waals surface area contributed by atoms with Crippen LogP contribution in [0.2, 0.25) is 0 Å². The van der Waals surface area contributed by atoms with Crippen LogP contribution in [0.1, 0.15) is 38.1 Å². The average molecular weight is 635 g/mol. The summed E-state index contributed by atoms with van der Waals surface area (Å²) >= 11 is 0. The van der Waals surface area contributed by atoms with E-state index in [-0.39, 0.29) is 37.2 Å². The van der Waals surface area contributed by atoms with Crippen molar-refractivity contribution in [1.82, 2.24) is 35.8 Å². The summed E-state index contributed by atoms with van der Waals surface area (Å²) in [6.07, 6.45) is -1.63. The first kappa shape index (κ1) is 31.0. The molecule has 3 aromatic carbocycles. The highest BCUT2D eigenvalue weighted by Gasteiger charge is 2.33. The van der Waals surface area contributed by atoms with Crippen LogP contribution in [0.5, 0.6) is 0 Å². The number of ether oxygens (including phenoxy) is 1. The number of aromatic nitrogens is 5. The van der Waals surface area contributed by atoms with Crippen molar-refractivity contribution in [3.8, 4) is 11.4 Å². The molecule has 2 aromatic heterocycles. The Morgan fingerprint density at radius 2 is 1.70 bits per heavy atom. The minimum Gasteiger partial charge on any atom is -0.381 e. The normalized spacial score (nSPS) is 15.5. The van der Waals surface area contributed by atoms with Crippen molar-refractivity contribution in [2.24, 2.45) is 0 Å². The Balaban J connectivity index is 1.21. The number of tetrazole rings is 1. The van der Waals surface area contributed by atoms with E-state index in [1.54, 1.807) is 48.5 Å². The average Bonchev–Trinajstić information content (AvgIpc) is 3.82. The van der Waals surface area contributed by atoms with Crippen LogP contribution < -0.4 is 16.1 Å². The molecule has 1 saturated heterocycles. The number of nitrogens with one attached hydrogen (secondary N) is 4. The van der Waals surface area contributed by atoms with Gasteiger partial charge in [0.1, 0.15) is 18.1 Å². The number of carbonyl (C=O) groups excluding carboxylic acids is 3. The van der Waals surface area contributed by atoms with Crippen molar-refractivity contribution in [3.05, 3.63) is 130 Å². The summed E-state index contributed by atoms with van der Waals surface area (Å²) in [6, 6.07) is 25.7. The smallest absolute Gasteiger partial charge is 0.272 e. The Morgan fingerprint density at radius 3 is 2.45 bits per heavy atom. The Bertz CT molecular complexity index is 1920. The fourth-order valence-electron chi connectivity index (χ4n) is 5.30. The number of rotatable bonds is 10. The van der Waals surface area contributed by atoms with Gasteiger partial charge in [-0.25, -0.2) is 0 Å². The molecular formula is C33H30N8O6. The predicted molar refractivity (Wildman–Crippen MR) is 169 cm³/mol. The fraction of sp³-hybridized carbons (Fsp3) is 0.182. The molecule has 3 amide bonds. The molecule has 0 saturated carbocycles. The predicted octanol–water partition coefficient (Wildman–Crippen LogP) is 2.07. The van der Waals surface area contributed by atoms with Crippen LogP contribution in [-0.2, 0) is 16.0 Å². The van der Waals surface area contributed by atoms with Gasteiger partial charge in [0.25, 0.3) is 17.7 Å². The molecule has 5 aromatic rings. The zero-order valence-electron chi connectivity index (χ0n) is 24.9. The third-order valence-corrected chi connectivity index (χ3v) is 7.64. The molecule has 1 aliphatic heterocycles. The molecule has 0 aliphatic carbocycles. The van der Waals surface area contributed by atoms with Gasteiger partial charge in [0.15, 0.2) is 11.5 Å². The molecule has 5 N–H and O–H groups in total. The van der Waals surface area contributed by atoms with Crippen molar-refractivity contribution < 1.29 is 24.2 Å². The number of hydrogen-bond donors (Lipinski definition) is 5. The number of hydrogen-bond acceptors (Lipinski definition) is 9. The van der Waals surface area contributed by atoms with E-state index in [2.05, 4.69) is 36.2 Å². The van der Waals surface area contributed by atoms with E-state index in [0.717, 1.165) is 23.3 Å². The summed E-state index contributed by atoms with van der Waals surface area (Å²) < 4.78 is 5.56. The van der Waals surface area contributed by atoms with Gasteiger partial charge < -0.3 is 30.4 Å². The first-order valence-electron chi connectivity index (χ1n) is 14.7. The Labute approximate surface area is 267 Å². The number of carbonyl (C=O) groups is 3. The lowest BCUT2D eigenvalue weighted by Crippen LogP contribution is -2.50. The monoisotopic (exact) mass is 634 g/mol. The van der Waals surface area contributed by atoms with Gasteiger partial charge >= 0.3 is 0 Å². The molecular weight excluding hydrogens is 604 g/mol. The molecule has 3 atom stereocenters. The minimum absolute atomic E-state index is 0.00924. The van der Waals surface area contributed by atoms with Gasteiger partial charge in [-0.05, 0) is 34.9 Å². The topological polar surface area (TPSA) is 195 Å². The molecule has 3 heterocycles. The molecule has 0 radical (unpaired) electrons. The van der Waals surface area contributed by atoms with Crippen LogP contribution in [0.15, 0.2) is 102 Å². The van der Waals surface area contributed by atoms with Crippen molar-refractivity contribution >= 4 is 23.4 Å². The highest BCUT2D eigenvalue weighted by Crippen LogP contribution is 2.27. The van der Waals surface area contributed by atoms with Crippen molar-refractivity contribution in [3.63, 3.8) is 0 Å². The highest BCUT2D eigenvalue weighted by atomic mass is 16.5. The van der Waals surface area contributed by atoms with Crippen LogP contribution in [0, 0.1) is 0 Å². The fourth-order valence-corrected chi connectivity index (χ4v) is 5.30. The molecule has 6 rings (SSSR count). The maximum absolute atomic E-state index is 13.5. The van der Waals surface area contributed by atoms with E-state index < -0.39 is 35.3 Å². The number of aliphatic hydroxyl groups is 1. The number of nitrogens with zero attached hydrogens (tertiary/aromatic N) is 4. The molecule has 2 unspecified atom stereocenters. The lowest BCUT2D eigenvalue weighted by atomic mass is 10.00. The molecule has 0 bridgehead atoms. The summed E-state index contributed by atoms with van der Waals surface area (Å²) in [5.74, 6) is -1.78. The third kappa shape index (κ3) is 7.30. The van der Waals surface area contributed by atoms with Crippen LogP contribution in [0.4, 0.5) is 5.69 Å². The molecule has 0 spiro atoms. The quantitative estimate of drug-likeness (QED) is 0.153. The molecule has 14 heteroatoms. The summed E-state index contributed by atoms with van der Waals surface area (Å²) in [6.45, 7) is 0.290. The molecule has 14 nitrogen and oxygen atoms in total. The maximum atomic E-state index is 13.5. The summed E-state index contributed by atoms with van der Waals surface area (Å²) in [7, 11) is 0. The highest BCUT2D eigenvalue weighted by molar-refractivity contribution is 5.98. The largest absolute Gasteiger partial charge is 0.381 e. The zero-order chi connectivity index (χ0) is 32.8. The van der Waals surface area contributed by atoms with Crippen molar-refractivity contribution in [1.29, 1.82) is 0 Å². The van der Waals surface area contributed by atoms with Gasteiger partial charge in [-0.3, -0.25) is 19.2 Å². The second-order valence-electron chi connectivity index (χ2n) is 10.9. The lowest BCUT2D eigenvalue weighted by molar-refractivity contribution is -0.125. The van der Waals surface area contributed by atoms with Gasteiger partial charge in [-0.15, -0.1) is 10.2 Å². The van der Waals surface area contributed by atoms with Gasteiger partial charge in [0.05, 0.1) is 18.7 Å². The minimum atomic E-state index is -1.71. The van der Waals surface area contributed by atoms with Crippen molar-refractivity contribution in [2.75, 3.05) is 18.7 Å². The van der Waals surface area contributed by atoms with Gasteiger partial charge in [-0.1, -0.05) is 72.8 Å². The lowest BCUT2D eigenvalue weighted by Gasteiger charge is -2.24. The number of pyridine rings is 1. The first-order chi connectivity index (χ1) is 22.9. The molecule has 238 valence electrons. The summed E-state index contributed by atoms with van der Waals surface area (Å²) in [5, 5.41) is 30.3. The van der Waals surface area contributed by atoms with Crippen LogP contribution in [0.3, 0.4) is 0 Å². The molecule has 1 aliphatic rings. The van der Waals surface area contributed by atoms with Crippen LogP contribution in [0.25, 0.3) is 11.4 Å². The second kappa shape index (κ2) is 14.0. The summed E-state index contributed by atoms with van der Waals surface area (Å²) in [5.41, 5.74) is 1.65. The number of amides is 3. The van der Waals surface area contributed by atoms with E-state index in [4.69, 9.17) is 4.74 Å². The number of aromatic amines is 2. The van der Waals surface area contributed by atoms with E-state index in [9.17, 15) is 24.3 Å². The number of anilines is 1. The Morgan fingerprint density at radius 1 is 0.957 bits per heavy atom. The van der Waals surface area contributed by atoms with Crippen molar-refractivity contribution in [2.45, 2.75) is 24.6 Å². The second-order valence-corrected chi connectivity index (χ2v) is 10.9. The van der Waals surface area contributed by atoms with E-state index >= 15 is 0 Å². The number of benzene rings is 3. The zero-order valence-corrected chi connectivity index (χ0v) is 24.9. The first-order valence-corrected chi connectivity index (χ1v) is 14.7. The summed E-state index contributed by atoms with van der Waals surface area (Å²) in [4.78, 5) is 57.3. The van der Waals surface area contributed by atoms with Crippen LogP contribution >= 0.6 is 0 Å². The van der Waals surface area contributed by atoms with Crippen LogP contribution in [-0.4, -0.2) is 78.8 Å².